The van der Waals surface area contributed by atoms with Gasteiger partial charge in [0, 0.05) is 6.04 Å². The molecule has 3 unspecified atom stereocenters. The quantitative estimate of drug-likeness (QED) is 0.557. The number of nitrogens with zero attached hydrogens (tertiary/aromatic N) is 1. The first-order chi connectivity index (χ1) is 6.29. The Morgan fingerprint density at radius 2 is 1.77 bits per heavy atom. The van der Waals surface area contributed by atoms with Gasteiger partial charge in [0.05, 0.1) is 0 Å². The molecule has 3 atom stereocenters. The van der Waals surface area contributed by atoms with Crippen molar-refractivity contribution in [1.29, 1.82) is 0 Å². The van der Waals surface area contributed by atoms with E-state index >= 15 is 0 Å². The highest BCUT2D eigenvalue weighted by atomic mass is 15.2. The van der Waals surface area contributed by atoms with E-state index in [9.17, 15) is 0 Å². The molecule has 0 amide bonds. The van der Waals surface area contributed by atoms with E-state index < -0.39 is 0 Å². The van der Waals surface area contributed by atoms with Crippen molar-refractivity contribution in [2.75, 3.05) is 13.6 Å². The molecule has 2 rings (SSSR count). The van der Waals surface area contributed by atoms with Gasteiger partial charge in [0.1, 0.15) is 0 Å². The number of hydrogen-bond acceptors (Lipinski definition) is 1. The number of hydrogen-bond donors (Lipinski definition) is 0. The van der Waals surface area contributed by atoms with Gasteiger partial charge in [-0.05, 0) is 38.3 Å². The van der Waals surface area contributed by atoms with Crippen molar-refractivity contribution < 1.29 is 0 Å². The van der Waals surface area contributed by atoms with Crippen LogP contribution in [0.5, 0.6) is 0 Å². The standard InChI is InChI=1S/C10H19N.C2H6/c1-8-4-3-5-10-9(8)6-7-11(10)2;1-2/h8-10H,3-7H2,1-2H3;1-2H3. The van der Waals surface area contributed by atoms with E-state index in [1.165, 1.54) is 32.2 Å². The molecular weight excluding hydrogens is 158 g/mol. The van der Waals surface area contributed by atoms with Crippen molar-refractivity contribution in [2.24, 2.45) is 11.8 Å². The third-order valence-corrected chi connectivity index (χ3v) is 3.77. The summed E-state index contributed by atoms with van der Waals surface area (Å²) in [4.78, 5) is 2.57. The second kappa shape index (κ2) is 4.99. The van der Waals surface area contributed by atoms with Crippen molar-refractivity contribution in [2.45, 2.75) is 52.5 Å². The molecule has 1 nitrogen and oxygen atoms in total. The van der Waals surface area contributed by atoms with Gasteiger partial charge in [0.15, 0.2) is 0 Å². The van der Waals surface area contributed by atoms with Gasteiger partial charge in [-0.25, -0.2) is 0 Å². The predicted molar refractivity (Wildman–Crippen MR) is 58.9 cm³/mol. The average Bonchev–Trinajstić information content (AvgIpc) is 2.53. The minimum atomic E-state index is 0.943. The fraction of sp³-hybridized carbons (Fsp3) is 1.00. The predicted octanol–water partition coefficient (Wildman–Crippen LogP) is 3.15. The van der Waals surface area contributed by atoms with Crippen LogP contribution in [0.3, 0.4) is 0 Å². The molecule has 1 heterocycles. The van der Waals surface area contributed by atoms with Gasteiger partial charge in [-0.15, -0.1) is 0 Å². The summed E-state index contributed by atoms with van der Waals surface area (Å²) >= 11 is 0. The number of likely N-dealkylation sites (tertiary alicyclic amines) is 1. The van der Waals surface area contributed by atoms with Crippen LogP contribution in [-0.4, -0.2) is 24.5 Å². The second-order valence-corrected chi connectivity index (χ2v) is 4.41. The highest BCUT2D eigenvalue weighted by Crippen LogP contribution is 2.38. The first kappa shape index (κ1) is 11.0. The summed E-state index contributed by atoms with van der Waals surface area (Å²) in [5.41, 5.74) is 0. The molecule has 1 saturated heterocycles. The van der Waals surface area contributed by atoms with Crippen LogP contribution in [0.1, 0.15) is 46.5 Å². The molecule has 0 aromatic carbocycles. The Hall–Kier alpha value is -0.0400. The van der Waals surface area contributed by atoms with Gasteiger partial charge in [0.2, 0.25) is 0 Å². The molecule has 1 saturated carbocycles. The van der Waals surface area contributed by atoms with E-state index in [2.05, 4.69) is 18.9 Å². The highest BCUT2D eigenvalue weighted by Gasteiger charge is 2.37. The Balaban J connectivity index is 0.000000396. The van der Waals surface area contributed by atoms with E-state index in [0.29, 0.717) is 0 Å². The van der Waals surface area contributed by atoms with E-state index in [1.54, 1.807) is 0 Å². The van der Waals surface area contributed by atoms with Crippen LogP contribution in [0.25, 0.3) is 0 Å². The normalized spacial score (nSPS) is 39.2. The third kappa shape index (κ3) is 2.25. The first-order valence-corrected chi connectivity index (χ1v) is 5.99. The zero-order chi connectivity index (χ0) is 9.84. The summed E-state index contributed by atoms with van der Waals surface area (Å²) in [5, 5.41) is 0. The molecule has 1 aliphatic heterocycles. The summed E-state index contributed by atoms with van der Waals surface area (Å²) in [5.74, 6) is 2.03. The van der Waals surface area contributed by atoms with Crippen LogP contribution < -0.4 is 0 Å². The molecule has 0 aromatic heterocycles. The molecule has 1 heteroatoms. The molecule has 2 fully saturated rings. The molecular formula is C12H25N. The lowest BCUT2D eigenvalue weighted by atomic mass is 9.77. The zero-order valence-corrected chi connectivity index (χ0v) is 9.71. The summed E-state index contributed by atoms with van der Waals surface area (Å²) < 4.78 is 0. The average molecular weight is 183 g/mol. The van der Waals surface area contributed by atoms with Crippen molar-refractivity contribution in [3.8, 4) is 0 Å². The van der Waals surface area contributed by atoms with Gasteiger partial charge in [0.25, 0.3) is 0 Å². The van der Waals surface area contributed by atoms with Crippen LogP contribution in [0.2, 0.25) is 0 Å². The molecule has 1 aliphatic carbocycles. The summed E-state index contributed by atoms with van der Waals surface area (Å²) in [6.45, 7) is 7.79. The lowest BCUT2D eigenvalue weighted by Gasteiger charge is -2.33. The summed E-state index contributed by atoms with van der Waals surface area (Å²) in [7, 11) is 2.29. The van der Waals surface area contributed by atoms with E-state index in [-0.39, 0.29) is 0 Å². The minimum absolute atomic E-state index is 0.943. The van der Waals surface area contributed by atoms with Gasteiger partial charge in [-0.2, -0.15) is 0 Å². The van der Waals surface area contributed by atoms with Gasteiger partial charge in [-0.1, -0.05) is 33.6 Å². The van der Waals surface area contributed by atoms with Gasteiger partial charge in [-0.3, -0.25) is 0 Å². The molecule has 0 bridgehead atoms. The molecule has 78 valence electrons. The van der Waals surface area contributed by atoms with E-state index in [0.717, 1.165) is 17.9 Å². The van der Waals surface area contributed by atoms with Crippen LogP contribution in [0.15, 0.2) is 0 Å². The maximum Gasteiger partial charge on any atom is 0.0123 e. The smallest absolute Gasteiger partial charge is 0.0123 e. The maximum absolute atomic E-state index is 2.57. The van der Waals surface area contributed by atoms with Crippen LogP contribution in [0, 0.1) is 11.8 Å². The van der Waals surface area contributed by atoms with Crippen LogP contribution in [0.4, 0.5) is 0 Å². The van der Waals surface area contributed by atoms with Crippen LogP contribution in [-0.2, 0) is 0 Å². The zero-order valence-electron chi connectivity index (χ0n) is 9.71. The number of rotatable bonds is 0. The lowest BCUT2D eigenvalue weighted by Crippen LogP contribution is -2.35. The molecule has 0 radical (unpaired) electrons. The van der Waals surface area contributed by atoms with Gasteiger partial charge < -0.3 is 4.90 Å². The highest BCUT2D eigenvalue weighted by molar-refractivity contribution is 4.90. The summed E-state index contributed by atoms with van der Waals surface area (Å²) in [6, 6.07) is 0.943. The molecule has 2 aliphatic rings. The Labute approximate surface area is 83.5 Å². The second-order valence-electron chi connectivity index (χ2n) is 4.41. The van der Waals surface area contributed by atoms with E-state index in [1.807, 2.05) is 13.8 Å². The molecule has 0 N–H and O–H groups in total. The number of fused-ring (bicyclic) bond motifs is 1. The topological polar surface area (TPSA) is 3.24 Å². The maximum atomic E-state index is 2.57. The monoisotopic (exact) mass is 183 g/mol. The Kier molecular flexibility index (Phi) is 4.24. The SMILES string of the molecule is CC.CC1CCCC2C1CCN2C. The largest absolute Gasteiger partial charge is 0.303 e. The molecule has 13 heavy (non-hydrogen) atoms. The lowest BCUT2D eigenvalue weighted by molar-refractivity contribution is 0.167. The molecule has 0 spiro atoms. The third-order valence-electron chi connectivity index (χ3n) is 3.77. The first-order valence-electron chi connectivity index (χ1n) is 5.99. The van der Waals surface area contributed by atoms with Gasteiger partial charge >= 0.3 is 0 Å². The molecule has 0 aromatic rings. The van der Waals surface area contributed by atoms with Crippen molar-refractivity contribution in [3.05, 3.63) is 0 Å². The fourth-order valence-electron chi connectivity index (χ4n) is 3.00. The van der Waals surface area contributed by atoms with Crippen molar-refractivity contribution in [1.82, 2.24) is 4.90 Å². The van der Waals surface area contributed by atoms with E-state index in [4.69, 9.17) is 0 Å². The Bertz CT molecular complexity index is 142. The fourth-order valence-corrected chi connectivity index (χ4v) is 3.00. The van der Waals surface area contributed by atoms with Crippen molar-refractivity contribution >= 4 is 0 Å². The van der Waals surface area contributed by atoms with Crippen LogP contribution >= 0.6 is 0 Å². The minimum Gasteiger partial charge on any atom is -0.303 e. The Morgan fingerprint density at radius 1 is 1.08 bits per heavy atom. The van der Waals surface area contributed by atoms with Crippen molar-refractivity contribution in [3.63, 3.8) is 0 Å². The Morgan fingerprint density at radius 3 is 2.38 bits per heavy atom. The summed E-state index contributed by atoms with van der Waals surface area (Å²) in [6.07, 6.45) is 5.87.